The van der Waals surface area contributed by atoms with Crippen LogP contribution >= 0.6 is 0 Å². The van der Waals surface area contributed by atoms with Crippen LogP contribution in [-0.2, 0) is 0 Å². The predicted octanol–water partition coefficient (Wildman–Crippen LogP) is 9.76. The molecule has 0 saturated heterocycles. The van der Waals surface area contributed by atoms with Gasteiger partial charge in [0.05, 0.1) is 34.3 Å². The number of fused-ring (bicyclic) bond motifs is 6. The van der Waals surface area contributed by atoms with Crippen LogP contribution in [0.15, 0.2) is 132 Å². The van der Waals surface area contributed by atoms with Gasteiger partial charge in [0.2, 0.25) is 0 Å². The van der Waals surface area contributed by atoms with E-state index in [2.05, 4.69) is 71.3 Å². The van der Waals surface area contributed by atoms with Crippen LogP contribution in [0.3, 0.4) is 0 Å². The smallest absolute Gasteiger partial charge is 0.143 e. The van der Waals surface area contributed by atoms with E-state index < -0.39 is 0 Å². The Hall–Kier alpha value is -6.10. The lowest BCUT2D eigenvalue weighted by molar-refractivity contribution is 0.670. The van der Waals surface area contributed by atoms with Crippen molar-refractivity contribution in [3.8, 4) is 40.1 Å². The maximum Gasteiger partial charge on any atom is 0.143 e. The summed E-state index contributed by atoms with van der Waals surface area (Å²) in [5, 5.41) is 24.0. The summed E-state index contributed by atoms with van der Waals surface area (Å²) in [7, 11) is 0. The van der Waals surface area contributed by atoms with Crippen molar-refractivity contribution >= 4 is 43.7 Å². The molecule has 0 aliphatic carbocycles. The van der Waals surface area contributed by atoms with E-state index in [9.17, 15) is 10.5 Å². The minimum atomic E-state index is 0.580. The lowest BCUT2D eigenvalue weighted by Crippen LogP contribution is -1.94. The molecule has 0 aliphatic rings. The van der Waals surface area contributed by atoms with Gasteiger partial charge in [0.1, 0.15) is 11.2 Å². The predicted molar refractivity (Wildman–Crippen MR) is 168 cm³/mol. The van der Waals surface area contributed by atoms with Crippen LogP contribution in [0.25, 0.3) is 71.7 Å². The van der Waals surface area contributed by atoms with Crippen molar-refractivity contribution in [1.82, 2.24) is 4.57 Å². The molecule has 8 aromatic rings. The molecule has 0 atom stereocenters. The second kappa shape index (κ2) is 9.24. The molecule has 4 nitrogen and oxygen atoms in total. The molecule has 0 amide bonds. The number of para-hydroxylation sites is 3. The Balaban J connectivity index is 1.38. The Labute approximate surface area is 241 Å². The highest BCUT2D eigenvalue weighted by Gasteiger charge is 2.18. The first-order valence-corrected chi connectivity index (χ1v) is 13.7. The summed E-state index contributed by atoms with van der Waals surface area (Å²) in [6.45, 7) is 0. The van der Waals surface area contributed by atoms with E-state index in [4.69, 9.17) is 4.42 Å². The zero-order chi connectivity index (χ0) is 28.2. The van der Waals surface area contributed by atoms with E-state index in [-0.39, 0.29) is 0 Å². The molecule has 0 N–H and O–H groups in total. The van der Waals surface area contributed by atoms with E-state index in [1.165, 1.54) is 0 Å². The molecule has 0 spiro atoms. The van der Waals surface area contributed by atoms with Gasteiger partial charge >= 0.3 is 0 Å². The zero-order valence-corrected chi connectivity index (χ0v) is 22.4. The minimum Gasteiger partial charge on any atom is -0.455 e. The molecular formula is C38H21N3O. The number of nitrogens with zero attached hydrogens (tertiary/aromatic N) is 3. The number of rotatable bonds is 3. The van der Waals surface area contributed by atoms with Gasteiger partial charge in [-0.2, -0.15) is 10.5 Å². The summed E-state index contributed by atoms with van der Waals surface area (Å²) < 4.78 is 8.53. The molecule has 42 heavy (non-hydrogen) atoms. The molecule has 8 rings (SSSR count). The zero-order valence-electron chi connectivity index (χ0n) is 22.4. The van der Waals surface area contributed by atoms with Crippen molar-refractivity contribution in [3.63, 3.8) is 0 Å². The van der Waals surface area contributed by atoms with Gasteiger partial charge in [-0.1, -0.05) is 72.8 Å². The molecule has 0 bridgehead atoms. The number of aromatic nitrogens is 1. The average Bonchev–Trinajstić information content (AvgIpc) is 3.59. The topological polar surface area (TPSA) is 65.7 Å². The van der Waals surface area contributed by atoms with E-state index in [0.29, 0.717) is 11.1 Å². The van der Waals surface area contributed by atoms with Crippen LogP contribution in [0.4, 0.5) is 0 Å². The quantitative estimate of drug-likeness (QED) is 0.226. The van der Waals surface area contributed by atoms with E-state index >= 15 is 0 Å². The molecule has 4 heteroatoms. The molecule has 0 radical (unpaired) electrons. The summed E-state index contributed by atoms with van der Waals surface area (Å²) in [5.74, 6) is 0. The van der Waals surface area contributed by atoms with Crippen molar-refractivity contribution < 1.29 is 4.42 Å². The fourth-order valence-corrected chi connectivity index (χ4v) is 6.15. The fraction of sp³-hybridized carbons (Fsp3) is 0. The Bertz CT molecular complexity index is 2430. The van der Waals surface area contributed by atoms with Gasteiger partial charge in [0.25, 0.3) is 0 Å². The molecule has 6 aromatic carbocycles. The van der Waals surface area contributed by atoms with Crippen LogP contribution < -0.4 is 0 Å². The van der Waals surface area contributed by atoms with Gasteiger partial charge in [-0.05, 0) is 65.7 Å². The maximum atomic E-state index is 10.3. The molecule has 194 valence electrons. The van der Waals surface area contributed by atoms with Crippen molar-refractivity contribution in [2.45, 2.75) is 0 Å². The van der Waals surface area contributed by atoms with Crippen molar-refractivity contribution in [2.75, 3.05) is 0 Å². The first kappa shape index (κ1) is 23.8. The monoisotopic (exact) mass is 535 g/mol. The highest BCUT2D eigenvalue weighted by Crippen LogP contribution is 2.40. The minimum absolute atomic E-state index is 0.580. The van der Waals surface area contributed by atoms with Gasteiger partial charge in [-0.25, -0.2) is 0 Å². The maximum absolute atomic E-state index is 10.3. The average molecular weight is 536 g/mol. The largest absolute Gasteiger partial charge is 0.455 e. The van der Waals surface area contributed by atoms with E-state index in [1.54, 1.807) is 0 Å². The summed E-state index contributed by atoms with van der Waals surface area (Å²) in [4.78, 5) is 0. The third-order valence-electron chi connectivity index (χ3n) is 8.06. The molecule has 0 unspecified atom stereocenters. The summed E-state index contributed by atoms with van der Waals surface area (Å²) in [6.07, 6.45) is 0. The Morgan fingerprint density at radius 3 is 2.10 bits per heavy atom. The second-order valence-electron chi connectivity index (χ2n) is 10.4. The highest BCUT2D eigenvalue weighted by molar-refractivity contribution is 6.12. The Morgan fingerprint density at radius 2 is 1.26 bits per heavy atom. The van der Waals surface area contributed by atoms with Crippen molar-refractivity contribution in [3.05, 3.63) is 139 Å². The van der Waals surface area contributed by atoms with Crippen LogP contribution in [0.1, 0.15) is 11.1 Å². The first-order valence-electron chi connectivity index (χ1n) is 13.7. The second-order valence-corrected chi connectivity index (χ2v) is 10.4. The Morgan fingerprint density at radius 1 is 0.524 bits per heavy atom. The number of furan rings is 1. The van der Waals surface area contributed by atoms with Gasteiger partial charge < -0.3 is 8.98 Å². The lowest BCUT2D eigenvalue weighted by Gasteiger charge is -2.11. The lowest BCUT2D eigenvalue weighted by atomic mass is 9.94. The van der Waals surface area contributed by atoms with E-state index in [0.717, 1.165) is 71.7 Å². The summed E-state index contributed by atoms with van der Waals surface area (Å²) in [6, 6.07) is 47.3. The number of hydrogen-bond acceptors (Lipinski definition) is 3. The van der Waals surface area contributed by atoms with Crippen molar-refractivity contribution in [1.29, 1.82) is 10.5 Å². The van der Waals surface area contributed by atoms with Crippen LogP contribution in [0.5, 0.6) is 0 Å². The number of benzene rings is 6. The molecule has 0 fully saturated rings. The Kier molecular flexibility index (Phi) is 5.22. The van der Waals surface area contributed by atoms with Gasteiger partial charge in [0, 0.05) is 38.4 Å². The van der Waals surface area contributed by atoms with Crippen LogP contribution in [-0.4, -0.2) is 4.57 Å². The molecular weight excluding hydrogens is 514 g/mol. The van der Waals surface area contributed by atoms with Crippen LogP contribution in [0.2, 0.25) is 0 Å². The standard InChI is InChI=1S/C38H21N3O/c39-22-24-16-17-35-33(18-24)34-20-27(23-40)32(21-36(34)41(35)28-10-2-1-3-11-28)26-9-6-8-25(19-26)29-13-7-14-31-30-12-4-5-15-37(30)42-38(29)31/h1-21H. The van der Waals surface area contributed by atoms with E-state index in [1.807, 2.05) is 72.8 Å². The van der Waals surface area contributed by atoms with Crippen molar-refractivity contribution in [2.24, 2.45) is 0 Å². The normalized spacial score (nSPS) is 11.3. The molecule has 2 heterocycles. The summed E-state index contributed by atoms with van der Waals surface area (Å²) >= 11 is 0. The first-order chi connectivity index (χ1) is 20.7. The SMILES string of the molecule is N#Cc1ccc2c(c1)c1cc(C#N)c(-c3cccc(-c4cccc5c4oc4ccccc45)c3)cc1n2-c1ccccc1. The van der Waals surface area contributed by atoms with Gasteiger partial charge in [-0.3, -0.25) is 0 Å². The summed E-state index contributed by atoms with van der Waals surface area (Å²) in [5.41, 5.74) is 9.68. The third kappa shape index (κ3) is 3.53. The van der Waals surface area contributed by atoms with Crippen LogP contribution in [0, 0.1) is 22.7 Å². The fourth-order valence-electron chi connectivity index (χ4n) is 6.15. The molecule has 2 aromatic heterocycles. The third-order valence-corrected chi connectivity index (χ3v) is 8.06. The number of nitriles is 2. The molecule has 0 saturated carbocycles. The molecule has 0 aliphatic heterocycles. The van der Waals surface area contributed by atoms with Gasteiger partial charge in [0.15, 0.2) is 0 Å². The van der Waals surface area contributed by atoms with Gasteiger partial charge in [-0.15, -0.1) is 0 Å². The number of hydrogen-bond donors (Lipinski definition) is 0. The highest BCUT2D eigenvalue weighted by atomic mass is 16.3.